The summed E-state index contributed by atoms with van der Waals surface area (Å²) in [6.45, 7) is 10.5. The molecule has 0 aliphatic carbocycles. The summed E-state index contributed by atoms with van der Waals surface area (Å²) in [6, 6.07) is 0. The molecule has 130 valence electrons. The molecule has 0 bridgehead atoms. The Morgan fingerprint density at radius 2 is 2.00 bits per heavy atom. The van der Waals surface area contributed by atoms with E-state index in [-0.39, 0.29) is 11.6 Å². The van der Waals surface area contributed by atoms with Crippen LogP contribution in [0, 0.1) is 5.92 Å². The molecule has 3 N–H and O–H groups in total. The van der Waals surface area contributed by atoms with Gasteiger partial charge in [-0.2, -0.15) is 4.58 Å². The number of rotatable bonds is 7. The quantitative estimate of drug-likeness (QED) is 0.356. The Morgan fingerprint density at radius 1 is 1.38 bits per heavy atom. The number of carbonyl (C=O) groups excluding carboxylic acids is 2. The minimum absolute atomic E-state index is 0.0642. The lowest BCUT2D eigenvalue weighted by Gasteiger charge is -2.25. The molecule has 0 aliphatic rings. The van der Waals surface area contributed by atoms with Crippen LogP contribution < -0.4 is 5.32 Å². The van der Waals surface area contributed by atoms with E-state index in [2.05, 4.69) is 22.0 Å². The molecule has 1 aromatic rings. The van der Waals surface area contributed by atoms with E-state index in [1.165, 1.54) is 32.4 Å². The maximum Gasteiger partial charge on any atom is 0.475 e. The number of nitrogens with one attached hydrogen (secondary N) is 1. The summed E-state index contributed by atoms with van der Waals surface area (Å²) in [4.78, 5) is 32.6. The highest BCUT2D eigenvalue weighted by molar-refractivity contribution is 6.43. The molecule has 0 aliphatic heterocycles. The van der Waals surface area contributed by atoms with E-state index in [0.29, 0.717) is 6.42 Å². The van der Waals surface area contributed by atoms with E-state index < -0.39 is 30.4 Å². The van der Waals surface area contributed by atoms with E-state index in [1.54, 1.807) is 0 Å². The van der Waals surface area contributed by atoms with Crippen LogP contribution in [-0.4, -0.2) is 61.7 Å². The molecule has 1 rings (SSSR count). The summed E-state index contributed by atoms with van der Waals surface area (Å²) in [6.07, 6.45) is 4.47. The van der Waals surface area contributed by atoms with Crippen molar-refractivity contribution >= 4 is 25.7 Å². The minimum Gasteiger partial charge on any atom is -0.426 e. The Labute approximate surface area is 141 Å². The highest BCUT2D eigenvalue weighted by Crippen LogP contribution is 2.13. The maximum atomic E-state index is 12.5. The van der Waals surface area contributed by atoms with Gasteiger partial charge in [0, 0.05) is 26.2 Å². The van der Waals surface area contributed by atoms with Gasteiger partial charge in [0.25, 0.3) is 5.91 Å². The topological polar surface area (TPSA) is 115 Å². The second-order valence-corrected chi connectivity index (χ2v) is 6.51. The van der Waals surface area contributed by atoms with Crippen molar-refractivity contribution in [2.45, 2.75) is 45.6 Å². The summed E-state index contributed by atoms with van der Waals surface area (Å²) >= 11 is 0. The average Bonchev–Trinajstić information content (AvgIpc) is 2.52. The number of hydrogen-bond acceptors (Lipinski definition) is 6. The van der Waals surface area contributed by atoms with Crippen LogP contribution in [0.5, 0.6) is 0 Å². The lowest BCUT2D eigenvalue weighted by molar-refractivity contribution is -0.486. The molecule has 0 fully saturated rings. The van der Waals surface area contributed by atoms with Crippen LogP contribution in [0.2, 0.25) is 0 Å². The molecule has 8 nitrogen and oxygen atoms in total. The normalized spacial score (nSPS) is 12.6. The highest BCUT2D eigenvalue weighted by atomic mass is 16.4. The number of carbonyl (C=O) groups is 2. The molecule has 0 saturated carbocycles. The Bertz CT molecular complexity index is 605. The second-order valence-electron chi connectivity index (χ2n) is 6.51. The van der Waals surface area contributed by atoms with Gasteiger partial charge in [0.2, 0.25) is 5.54 Å². The van der Waals surface area contributed by atoms with Gasteiger partial charge in [-0.1, -0.05) is 13.8 Å². The number of hydrogen-bond donors (Lipinski definition) is 3. The fourth-order valence-electron chi connectivity index (χ4n) is 2.03. The Balaban J connectivity index is 2.90. The van der Waals surface area contributed by atoms with Crippen molar-refractivity contribution in [3.8, 4) is 0 Å². The molecule has 2 amide bonds. The van der Waals surface area contributed by atoms with Gasteiger partial charge in [-0.3, -0.25) is 9.78 Å². The summed E-state index contributed by atoms with van der Waals surface area (Å²) < 4.78 is 1.00. The number of amides is 2. The van der Waals surface area contributed by atoms with Gasteiger partial charge >= 0.3 is 13.0 Å². The van der Waals surface area contributed by atoms with Crippen LogP contribution in [0.25, 0.3) is 0 Å². The van der Waals surface area contributed by atoms with Crippen LogP contribution in [-0.2, 0) is 4.79 Å². The zero-order chi connectivity index (χ0) is 18.5. The molecule has 24 heavy (non-hydrogen) atoms. The van der Waals surface area contributed by atoms with Crippen LogP contribution in [0.3, 0.4) is 0 Å². The highest BCUT2D eigenvalue weighted by Gasteiger charge is 2.44. The Morgan fingerprint density at radius 3 is 2.46 bits per heavy atom. The van der Waals surface area contributed by atoms with E-state index in [9.17, 15) is 19.6 Å². The van der Waals surface area contributed by atoms with E-state index in [0.717, 1.165) is 4.58 Å². The summed E-state index contributed by atoms with van der Waals surface area (Å²) in [5.41, 5.74) is -1.26. The third-order valence-electron chi connectivity index (χ3n) is 3.66. The van der Waals surface area contributed by atoms with Gasteiger partial charge in [0.05, 0.1) is 12.1 Å². The third kappa shape index (κ3) is 4.94. The molecule has 0 spiro atoms. The van der Waals surface area contributed by atoms with E-state index in [1.807, 2.05) is 13.8 Å². The number of nitrogens with zero attached hydrogens (tertiary/aromatic N) is 3. The van der Waals surface area contributed by atoms with Crippen LogP contribution in [0.4, 0.5) is 0 Å². The van der Waals surface area contributed by atoms with Gasteiger partial charge in [-0.05, 0) is 12.3 Å². The van der Waals surface area contributed by atoms with Crippen molar-refractivity contribution in [3.63, 3.8) is 0 Å². The van der Waals surface area contributed by atoms with Crippen molar-refractivity contribution in [1.82, 2.24) is 15.3 Å². The van der Waals surface area contributed by atoms with Gasteiger partial charge in [0.1, 0.15) is 6.72 Å². The first-order chi connectivity index (χ1) is 11.1. The van der Waals surface area contributed by atoms with Gasteiger partial charge in [0.15, 0.2) is 5.69 Å². The van der Waals surface area contributed by atoms with Crippen molar-refractivity contribution in [2.24, 2.45) is 5.92 Å². The molecule has 1 aromatic heterocycles. The monoisotopic (exact) mass is 335 g/mol. The van der Waals surface area contributed by atoms with E-state index in [4.69, 9.17) is 0 Å². The summed E-state index contributed by atoms with van der Waals surface area (Å²) in [5, 5.41) is 21.4. The molecule has 1 heterocycles. The molecule has 0 aromatic carbocycles. The maximum absolute atomic E-state index is 12.5. The molecule has 0 radical (unpaired) electrons. The first-order valence-electron chi connectivity index (χ1n) is 7.65. The lowest BCUT2D eigenvalue weighted by atomic mass is 9.74. The van der Waals surface area contributed by atoms with Crippen molar-refractivity contribution in [3.05, 3.63) is 24.3 Å². The molecule has 1 unspecified atom stereocenters. The van der Waals surface area contributed by atoms with Gasteiger partial charge in [-0.25, -0.2) is 9.78 Å². The van der Waals surface area contributed by atoms with Crippen molar-refractivity contribution in [1.29, 1.82) is 0 Å². The molecule has 1 atom stereocenters. The first-order valence-corrected chi connectivity index (χ1v) is 7.65. The number of aromatic nitrogens is 2. The predicted octanol–water partition coefficient (Wildman–Crippen LogP) is -0.349. The zero-order valence-corrected chi connectivity index (χ0v) is 14.4. The summed E-state index contributed by atoms with van der Waals surface area (Å²) in [7, 11) is -1.69. The predicted molar refractivity (Wildman–Crippen MR) is 89.4 cm³/mol. The largest absolute Gasteiger partial charge is 0.475 e. The van der Waals surface area contributed by atoms with E-state index >= 15 is 0 Å². The minimum atomic E-state index is -1.69. The first kappa shape index (κ1) is 19.9. The average molecular weight is 335 g/mol. The second kappa shape index (κ2) is 8.12. The molecule has 0 saturated heterocycles. The fraction of sp³-hybridized carbons (Fsp3) is 0.533. The van der Waals surface area contributed by atoms with Gasteiger partial charge < -0.3 is 15.4 Å². The van der Waals surface area contributed by atoms with Crippen LogP contribution in [0.15, 0.2) is 18.6 Å². The van der Waals surface area contributed by atoms with Crippen LogP contribution in [0.1, 0.15) is 44.6 Å². The smallest absolute Gasteiger partial charge is 0.426 e. The molecular formula is C15H24BN4O4+. The summed E-state index contributed by atoms with van der Waals surface area (Å²) in [5.74, 6) is -1.80. The lowest BCUT2D eigenvalue weighted by Crippen LogP contribution is -2.57. The zero-order valence-electron chi connectivity index (χ0n) is 14.4. The van der Waals surface area contributed by atoms with Crippen molar-refractivity contribution < 1.29 is 24.2 Å². The van der Waals surface area contributed by atoms with Gasteiger partial charge in [-0.15, -0.1) is 0 Å². The van der Waals surface area contributed by atoms with Crippen LogP contribution >= 0.6 is 0 Å². The molecule has 9 heteroatoms. The SMILES string of the molecule is C=[N+](C(=O)c1cnccn1)C(C)(C)C(=O)NC(CC(C)C)B(O)O. The third-order valence-corrected chi connectivity index (χ3v) is 3.66. The van der Waals surface area contributed by atoms with Crippen molar-refractivity contribution in [2.75, 3.05) is 0 Å². The Hall–Kier alpha value is -2.13. The standard InChI is InChI=1S/C15H23BN4O4/c1-10(2)8-12(16(23)24)19-14(22)15(3,4)20(5)13(21)11-9-17-6-7-18-11/h6-7,9-10,12,23-24H,5,8H2,1-4H3/p+1. The molecular weight excluding hydrogens is 311 g/mol. The fourth-order valence-corrected chi connectivity index (χ4v) is 2.03. The Kier molecular flexibility index (Phi) is 6.74.